The van der Waals surface area contributed by atoms with Gasteiger partial charge in [-0.25, -0.2) is 0 Å². The van der Waals surface area contributed by atoms with E-state index in [1.54, 1.807) is 11.8 Å². The second kappa shape index (κ2) is 12.9. The van der Waals surface area contributed by atoms with Crippen LogP contribution in [0.25, 0.3) is 0 Å². The van der Waals surface area contributed by atoms with Crippen LogP contribution in [0.4, 0.5) is 0 Å². The standard InChI is InChI=1S/C33H32O5S/c1-5-13-24(14-6-1)21-34-30-29-28(23-36-32(38-29)26-17-9-3-10-18-26)37-33(39-27-19-11-4-12-20-27)31(30)35-22-25-15-7-2-8-16-25/h1-20,28-33H,21-23H2/t28-,29+,30+,31-,32?,33+/m1/s1. The summed E-state index contributed by atoms with van der Waals surface area (Å²) in [6.07, 6.45) is -1.89. The van der Waals surface area contributed by atoms with Crippen molar-refractivity contribution in [3.05, 3.63) is 138 Å². The third-order valence-corrected chi connectivity index (χ3v) is 8.08. The van der Waals surface area contributed by atoms with Gasteiger partial charge >= 0.3 is 0 Å². The predicted octanol–water partition coefficient (Wildman–Crippen LogP) is 6.79. The Morgan fingerprint density at radius 3 is 1.77 bits per heavy atom. The number of hydrogen-bond donors (Lipinski definition) is 0. The number of fused-ring (bicyclic) bond motifs is 1. The Kier molecular flexibility index (Phi) is 8.70. The highest BCUT2D eigenvalue weighted by Gasteiger charge is 2.51. The van der Waals surface area contributed by atoms with E-state index in [1.807, 2.05) is 84.9 Å². The summed E-state index contributed by atoms with van der Waals surface area (Å²) < 4.78 is 32.8. The molecule has 6 heteroatoms. The second-order valence-electron chi connectivity index (χ2n) is 9.67. The van der Waals surface area contributed by atoms with Crippen molar-refractivity contribution in [1.82, 2.24) is 0 Å². The minimum Gasteiger partial charge on any atom is -0.368 e. The van der Waals surface area contributed by atoms with Gasteiger partial charge < -0.3 is 23.7 Å². The van der Waals surface area contributed by atoms with Gasteiger partial charge in [0.2, 0.25) is 0 Å². The molecule has 0 aliphatic carbocycles. The fraction of sp³-hybridized carbons (Fsp3) is 0.273. The summed E-state index contributed by atoms with van der Waals surface area (Å²) in [4.78, 5) is 1.11. The van der Waals surface area contributed by atoms with E-state index < -0.39 is 6.29 Å². The summed E-state index contributed by atoms with van der Waals surface area (Å²) >= 11 is 1.65. The van der Waals surface area contributed by atoms with Gasteiger partial charge in [0, 0.05) is 10.5 Å². The smallest absolute Gasteiger partial charge is 0.184 e. The van der Waals surface area contributed by atoms with E-state index in [9.17, 15) is 0 Å². The van der Waals surface area contributed by atoms with Gasteiger partial charge in [-0.05, 0) is 23.3 Å². The van der Waals surface area contributed by atoms with Crippen LogP contribution in [-0.2, 0) is 36.9 Å². The van der Waals surface area contributed by atoms with Crippen LogP contribution >= 0.6 is 11.8 Å². The average Bonchev–Trinajstić information content (AvgIpc) is 3.01. The normalized spacial score (nSPS) is 26.6. The van der Waals surface area contributed by atoms with Gasteiger partial charge in [-0.2, -0.15) is 0 Å². The molecule has 2 fully saturated rings. The lowest BCUT2D eigenvalue weighted by Crippen LogP contribution is -2.62. The van der Waals surface area contributed by atoms with E-state index >= 15 is 0 Å². The van der Waals surface area contributed by atoms with E-state index in [0.717, 1.165) is 21.6 Å². The maximum atomic E-state index is 6.69. The Hall–Kier alpha value is -2.97. The Labute approximate surface area is 234 Å². The van der Waals surface area contributed by atoms with Crippen molar-refractivity contribution in [2.45, 2.75) is 54.3 Å². The number of benzene rings is 4. The van der Waals surface area contributed by atoms with E-state index in [4.69, 9.17) is 23.7 Å². The summed E-state index contributed by atoms with van der Waals surface area (Å²) in [5.74, 6) is 0. The lowest BCUT2D eigenvalue weighted by molar-refractivity contribution is -0.329. The van der Waals surface area contributed by atoms with Gasteiger partial charge in [0.05, 0.1) is 19.8 Å². The molecule has 0 bridgehead atoms. The fourth-order valence-electron chi connectivity index (χ4n) is 4.95. The van der Waals surface area contributed by atoms with Gasteiger partial charge in [-0.3, -0.25) is 0 Å². The van der Waals surface area contributed by atoms with Crippen molar-refractivity contribution >= 4 is 11.8 Å². The lowest BCUT2D eigenvalue weighted by atomic mass is 9.98. The number of hydrogen-bond acceptors (Lipinski definition) is 6. The van der Waals surface area contributed by atoms with E-state index in [-0.39, 0.29) is 29.9 Å². The summed E-state index contributed by atoms with van der Waals surface area (Å²) in [5, 5.41) is 0. The summed E-state index contributed by atoms with van der Waals surface area (Å²) in [5.41, 5.74) is 2.86. The molecule has 1 unspecified atom stereocenters. The zero-order valence-electron chi connectivity index (χ0n) is 21.6. The predicted molar refractivity (Wildman–Crippen MR) is 151 cm³/mol. The molecule has 0 aromatic heterocycles. The molecule has 2 aliphatic heterocycles. The third-order valence-electron chi connectivity index (χ3n) is 6.92. The molecule has 2 saturated heterocycles. The molecule has 0 amide bonds. The minimum atomic E-state index is -0.494. The summed E-state index contributed by atoms with van der Waals surface area (Å²) in [7, 11) is 0. The first kappa shape index (κ1) is 26.3. The molecule has 4 aromatic rings. The van der Waals surface area contributed by atoms with Crippen molar-refractivity contribution in [2.75, 3.05) is 6.61 Å². The first-order chi connectivity index (χ1) is 19.3. The zero-order valence-corrected chi connectivity index (χ0v) is 22.4. The quantitative estimate of drug-likeness (QED) is 0.233. The van der Waals surface area contributed by atoms with Crippen LogP contribution in [0.5, 0.6) is 0 Å². The lowest BCUT2D eigenvalue weighted by Gasteiger charge is -2.49. The molecule has 2 heterocycles. The van der Waals surface area contributed by atoms with Crippen molar-refractivity contribution < 1.29 is 23.7 Å². The van der Waals surface area contributed by atoms with Crippen molar-refractivity contribution in [1.29, 1.82) is 0 Å². The van der Waals surface area contributed by atoms with Crippen LogP contribution in [0.15, 0.2) is 126 Å². The van der Waals surface area contributed by atoms with Crippen molar-refractivity contribution in [2.24, 2.45) is 0 Å². The molecule has 39 heavy (non-hydrogen) atoms. The molecule has 0 spiro atoms. The molecule has 6 rings (SSSR count). The Balaban J connectivity index is 1.30. The number of thioether (sulfide) groups is 1. The number of ether oxygens (including phenoxy) is 5. The molecule has 6 atom stereocenters. The zero-order chi connectivity index (χ0) is 26.3. The molecule has 0 saturated carbocycles. The highest BCUT2D eigenvalue weighted by molar-refractivity contribution is 7.99. The van der Waals surface area contributed by atoms with Crippen molar-refractivity contribution in [3.8, 4) is 0 Å². The topological polar surface area (TPSA) is 46.2 Å². The van der Waals surface area contributed by atoms with E-state index in [1.165, 1.54) is 0 Å². The average molecular weight is 541 g/mol. The molecule has 0 radical (unpaired) electrons. The Morgan fingerprint density at radius 1 is 0.615 bits per heavy atom. The number of rotatable bonds is 9. The van der Waals surface area contributed by atoms with Crippen LogP contribution < -0.4 is 0 Å². The monoisotopic (exact) mass is 540 g/mol. The molecule has 5 nitrogen and oxygen atoms in total. The maximum absolute atomic E-state index is 6.69. The Morgan fingerprint density at radius 2 is 1.15 bits per heavy atom. The minimum absolute atomic E-state index is 0.288. The SMILES string of the molecule is c1ccc(CO[C@H]2[C@H]3OC(c4ccccc4)OC[C@H]3O[C@@H](Sc3ccccc3)[C@@H]2OCc2ccccc2)cc1. The van der Waals surface area contributed by atoms with Gasteiger partial charge in [0.25, 0.3) is 0 Å². The molecule has 200 valence electrons. The van der Waals surface area contributed by atoms with Crippen LogP contribution in [-0.4, -0.2) is 36.5 Å². The largest absolute Gasteiger partial charge is 0.368 e. The van der Waals surface area contributed by atoms with Crippen molar-refractivity contribution in [3.63, 3.8) is 0 Å². The maximum Gasteiger partial charge on any atom is 0.184 e. The fourth-order valence-corrected chi connectivity index (χ4v) is 6.10. The van der Waals surface area contributed by atoms with Gasteiger partial charge in [0.1, 0.15) is 29.9 Å². The highest BCUT2D eigenvalue weighted by Crippen LogP contribution is 2.41. The van der Waals surface area contributed by atoms with Gasteiger partial charge in [-0.15, -0.1) is 0 Å². The van der Waals surface area contributed by atoms with Crippen LogP contribution in [0.2, 0.25) is 0 Å². The highest BCUT2D eigenvalue weighted by atomic mass is 32.2. The second-order valence-corrected chi connectivity index (χ2v) is 10.8. The molecular weight excluding hydrogens is 508 g/mol. The molecule has 4 aromatic carbocycles. The van der Waals surface area contributed by atoms with Crippen LogP contribution in [0.3, 0.4) is 0 Å². The third kappa shape index (κ3) is 6.61. The molecule has 0 N–H and O–H groups in total. The van der Waals surface area contributed by atoms with Gasteiger partial charge in [-0.1, -0.05) is 121 Å². The van der Waals surface area contributed by atoms with E-state index in [0.29, 0.717) is 19.8 Å². The first-order valence-corrected chi connectivity index (χ1v) is 14.2. The van der Waals surface area contributed by atoms with Crippen LogP contribution in [0.1, 0.15) is 23.0 Å². The molecule has 2 aliphatic rings. The Bertz CT molecular complexity index is 1270. The van der Waals surface area contributed by atoms with E-state index in [2.05, 4.69) is 36.4 Å². The molecular formula is C33H32O5S. The first-order valence-electron chi connectivity index (χ1n) is 13.3. The summed E-state index contributed by atoms with van der Waals surface area (Å²) in [6, 6.07) is 40.7. The van der Waals surface area contributed by atoms with Gasteiger partial charge in [0.15, 0.2) is 6.29 Å². The van der Waals surface area contributed by atoms with Crippen LogP contribution in [0, 0.1) is 0 Å². The summed E-state index contributed by atoms with van der Waals surface area (Å²) in [6.45, 7) is 1.30.